The Morgan fingerprint density at radius 2 is 1.70 bits per heavy atom. The van der Waals surface area contributed by atoms with E-state index in [4.69, 9.17) is 29.3 Å². The molecule has 0 spiro atoms. The van der Waals surface area contributed by atoms with E-state index in [0.717, 1.165) is 82.7 Å². The number of aromatic amines is 2. The van der Waals surface area contributed by atoms with Gasteiger partial charge in [0.25, 0.3) is 0 Å². The Bertz CT molecular complexity index is 1860. The van der Waals surface area contributed by atoms with Gasteiger partial charge < -0.3 is 34.4 Å². The molecule has 0 radical (unpaired) electrons. The molecular formula is C41H56N4O5. The minimum absolute atomic E-state index is 0.0729. The minimum Gasteiger partial charge on any atom is -0.394 e. The minimum atomic E-state index is -0.442. The molecule has 270 valence electrons. The smallest absolute Gasteiger partial charge is 0.160 e. The van der Waals surface area contributed by atoms with Crippen molar-refractivity contribution in [3.63, 3.8) is 0 Å². The standard InChI is InChI=1S/C29H32N4.C12H24O5/c1-8-20-18(6)27-14-29-21(9-2)17(5)26(32-29)12-22-15(3)10-24(30-22)19(7)25-11-16(4)23(31-25)13-28(20)33-27;1-2-4-15-5-3-6-16-12-8-10(14)7-11(9-13)17-12/h9,11-15,32-33H,2,8,10H2,1,3-7H3;10-14H,2-9H2,1H3/t;10-,11?,12?/m.0/s1. The first-order chi connectivity index (χ1) is 24.1. The van der Waals surface area contributed by atoms with Gasteiger partial charge in [-0.05, 0) is 105 Å². The molecule has 3 aromatic heterocycles. The van der Waals surface area contributed by atoms with Crippen molar-refractivity contribution in [3.8, 4) is 0 Å². The van der Waals surface area contributed by atoms with Gasteiger partial charge in [0.2, 0.25) is 0 Å². The molecule has 1 fully saturated rings. The second-order valence-electron chi connectivity index (χ2n) is 13.8. The number of H-pyrrole nitrogens is 2. The first-order valence-corrected chi connectivity index (χ1v) is 18.2. The number of hydrogen-bond donors (Lipinski definition) is 4. The van der Waals surface area contributed by atoms with Crippen LogP contribution in [0.25, 0.3) is 39.8 Å². The summed E-state index contributed by atoms with van der Waals surface area (Å²) in [6.45, 7) is 21.2. The number of rotatable bonds is 10. The molecule has 3 aliphatic heterocycles. The first kappa shape index (κ1) is 37.7. The van der Waals surface area contributed by atoms with E-state index in [1.165, 1.54) is 27.8 Å². The molecule has 3 aromatic rings. The highest BCUT2D eigenvalue weighted by molar-refractivity contribution is 5.86. The molecule has 4 N–H and O–H groups in total. The van der Waals surface area contributed by atoms with Crippen molar-refractivity contribution >= 4 is 39.8 Å². The van der Waals surface area contributed by atoms with Crippen LogP contribution in [-0.4, -0.2) is 75.1 Å². The van der Waals surface area contributed by atoms with E-state index in [-0.39, 0.29) is 12.7 Å². The molecule has 6 heterocycles. The Labute approximate surface area is 296 Å². The lowest BCUT2D eigenvalue weighted by Crippen LogP contribution is -2.39. The van der Waals surface area contributed by atoms with Gasteiger partial charge in [-0.3, -0.25) is 4.98 Å². The summed E-state index contributed by atoms with van der Waals surface area (Å²) in [5.41, 5.74) is 16.0. The van der Waals surface area contributed by atoms with Crippen molar-refractivity contribution in [2.75, 3.05) is 26.4 Å². The predicted octanol–water partition coefficient (Wildman–Crippen LogP) is 8.03. The van der Waals surface area contributed by atoms with E-state index in [0.29, 0.717) is 32.0 Å². The van der Waals surface area contributed by atoms with Gasteiger partial charge in [-0.25, -0.2) is 4.98 Å². The molecule has 6 rings (SSSR count). The van der Waals surface area contributed by atoms with Crippen molar-refractivity contribution in [3.05, 3.63) is 75.4 Å². The Morgan fingerprint density at radius 1 is 0.940 bits per heavy atom. The van der Waals surface area contributed by atoms with Crippen molar-refractivity contribution in [1.82, 2.24) is 19.9 Å². The Kier molecular flexibility index (Phi) is 12.9. The summed E-state index contributed by atoms with van der Waals surface area (Å²) in [5.74, 6) is 0.370. The number of fused-ring (bicyclic) bond motifs is 8. The van der Waals surface area contributed by atoms with E-state index in [9.17, 15) is 5.11 Å². The summed E-state index contributed by atoms with van der Waals surface area (Å²) < 4.78 is 16.3. The molecule has 1 saturated heterocycles. The van der Waals surface area contributed by atoms with Crippen LogP contribution in [0.5, 0.6) is 0 Å². The lowest BCUT2D eigenvalue weighted by atomic mass is 10.0. The number of allylic oxidation sites excluding steroid dienone is 1. The Balaban J connectivity index is 0.000000242. The fourth-order valence-electron chi connectivity index (χ4n) is 6.93. The fourth-order valence-corrected chi connectivity index (χ4v) is 6.93. The summed E-state index contributed by atoms with van der Waals surface area (Å²) in [6.07, 6.45) is 7.70. The quantitative estimate of drug-likeness (QED) is 0.159. The molecule has 0 amide bonds. The van der Waals surface area contributed by atoms with Crippen LogP contribution in [-0.2, 0) is 27.1 Å². The second-order valence-corrected chi connectivity index (χ2v) is 13.8. The zero-order chi connectivity index (χ0) is 35.9. The Morgan fingerprint density at radius 3 is 2.42 bits per heavy atom. The molecule has 8 bridgehead atoms. The number of nitrogens with zero attached hydrogens (tertiary/aromatic N) is 2. The van der Waals surface area contributed by atoms with Crippen LogP contribution in [0.4, 0.5) is 0 Å². The summed E-state index contributed by atoms with van der Waals surface area (Å²) in [6, 6.07) is 6.63. The number of ether oxygens (including phenoxy) is 3. The third-order valence-electron chi connectivity index (χ3n) is 9.95. The van der Waals surface area contributed by atoms with Gasteiger partial charge in [0.15, 0.2) is 6.29 Å². The highest BCUT2D eigenvalue weighted by Crippen LogP contribution is 2.32. The maximum atomic E-state index is 9.56. The van der Waals surface area contributed by atoms with Crippen LogP contribution in [0.15, 0.2) is 24.8 Å². The van der Waals surface area contributed by atoms with Gasteiger partial charge >= 0.3 is 0 Å². The number of hydrogen-bond acceptors (Lipinski definition) is 7. The van der Waals surface area contributed by atoms with Crippen LogP contribution in [0, 0.1) is 20.8 Å². The average Bonchev–Trinajstić information content (AvgIpc) is 3.82. The normalized spacial score (nSPS) is 20.3. The molecule has 9 heteroatoms. The molecular weight excluding hydrogens is 628 g/mol. The van der Waals surface area contributed by atoms with E-state index in [1.807, 2.05) is 6.08 Å². The summed E-state index contributed by atoms with van der Waals surface area (Å²) >= 11 is 0. The van der Waals surface area contributed by atoms with Crippen molar-refractivity contribution in [2.24, 2.45) is 0 Å². The van der Waals surface area contributed by atoms with Crippen molar-refractivity contribution in [2.45, 2.75) is 111 Å². The summed E-state index contributed by atoms with van der Waals surface area (Å²) in [4.78, 5) is 17.4. The van der Waals surface area contributed by atoms with E-state index in [2.05, 4.69) is 89.3 Å². The van der Waals surface area contributed by atoms with E-state index >= 15 is 0 Å². The average molecular weight is 685 g/mol. The monoisotopic (exact) mass is 684 g/mol. The lowest BCUT2D eigenvalue weighted by Gasteiger charge is -2.32. The molecule has 0 saturated carbocycles. The zero-order valence-electron chi connectivity index (χ0n) is 31.0. The Hall–Kier alpha value is -3.60. The number of nitrogens with one attached hydrogen (secondary N) is 2. The van der Waals surface area contributed by atoms with Crippen LogP contribution in [0.1, 0.15) is 110 Å². The second kappa shape index (κ2) is 17.1. The zero-order valence-corrected chi connectivity index (χ0v) is 31.0. The molecule has 9 nitrogen and oxygen atoms in total. The third kappa shape index (κ3) is 8.64. The highest BCUT2D eigenvalue weighted by Gasteiger charge is 2.28. The first-order valence-electron chi connectivity index (χ1n) is 18.2. The van der Waals surface area contributed by atoms with Gasteiger partial charge in [0.1, 0.15) is 0 Å². The molecule has 0 aliphatic carbocycles. The largest absolute Gasteiger partial charge is 0.394 e. The number of aryl methyl sites for hydroxylation is 3. The van der Waals surface area contributed by atoms with Crippen LogP contribution >= 0.6 is 0 Å². The molecule has 4 atom stereocenters. The SMILES string of the molecule is C=Cc1c(C)c2cc3nc(c(C)c4nc(cc5[nH]c(cc1[nH]2)c(C)c5CC)C(C)=C4)CC3C.CCCOCCCOC1C[C@@H](O)CC(CO)O1. The van der Waals surface area contributed by atoms with Crippen LogP contribution < -0.4 is 0 Å². The molecule has 0 aromatic carbocycles. The van der Waals surface area contributed by atoms with Crippen molar-refractivity contribution < 1.29 is 24.4 Å². The lowest BCUT2D eigenvalue weighted by molar-refractivity contribution is -0.222. The van der Waals surface area contributed by atoms with Gasteiger partial charge in [0.05, 0.1) is 36.8 Å². The van der Waals surface area contributed by atoms with Gasteiger partial charge in [-0.1, -0.05) is 33.4 Å². The number of aliphatic hydroxyl groups is 2. The fraction of sp³-hybridized carbons (Fsp3) is 0.512. The maximum absolute atomic E-state index is 9.56. The van der Waals surface area contributed by atoms with Gasteiger partial charge in [0, 0.05) is 71.0 Å². The van der Waals surface area contributed by atoms with Crippen LogP contribution in [0.2, 0.25) is 0 Å². The maximum Gasteiger partial charge on any atom is 0.160 e. The molecule has 3 unspecified atom stereocenters. The van der Waals surface area contributed by atoms with E-state index in [1.54, 1.807) is 0 Å². The van der Waals surface area contributed by atoms with E-state index < -0.39 is 12.4 Å². The highest BCUT2D eigenvalue weighted by atomic mass is 16.7. The number of aromatic nitrogens is 4. The summed E-state index contributed by atoms with van der Waals surface area (Å²) in [5, 5.41) is 18.5. The van der Waals surface area contributed by atoms with Gasteiger partial charge in [-0.2, -0.15) is 0 Å². The topological polar surface area (TPSA) is 126 Å². The van der Waals surface area contributed by atoms with Crippen LogP contribution in [0.3, 0.4) is 0 Å². The number of aliphatic hydroxyl groups excluding tert-OH is 2. The van der Waals surface area contributed by atoms with Crippen molar-refractivity contribution in [1.29, 1.82) is 0 Å². The third-order valence-corrected chi connectivity index (χ3v) is 9.95. The summed E-state index contributed by atoms with van der Waals surface area (Å²) in [7, 11) is 0. The molecule has 50 heavy (non-hydrogen) atoms. The predicted molar refractivity (Wildman–Crippen MR) is 203 cm³/mol. The van der Waals surface area contributed by atoms with Gasteiger partial charge in [-0.15, -0.1) is 0 Å². The molecule has 3 aliphatic rings.